The molecule has 0 amide bonds. The van der Waals surface area contributed by atoms with Crippen LogP contribution in [0.2, 0.25) is 5.02 Å². The van der Waals surface area contributed by atoms with Crippen molar-refractivity contribution in [1.29, 1.82) is 0 Å². The average molecular weight is 497 g/mol. The molecule has 0 N–H and O–H groups in total. The van der Waals surface area contributed by atoms with Crippen molar-refractivity contribution in [2.45, 2.75) is 32.2 Å². The van der Waals surface area contributed by atoms with Crippen LogP contribution >= 0.6 is 11.6 Å². The Bertz CT molecular complexity index is 1540. The van der Waals surface area contributed by atoms with Gasteiger partial charge in [0, 0.05) is 23.7 Å². The molecule has 0 saturated heterocycles. The Morgan fingerprint density at radius 1 is 1.00 bits per heavy atom. The molecule has 0 aliphatic carbocycles. The van der Waals surface area contributed by atoms with Crippen LogP contribution < -0.4 is 4.74 Å². The Morgan fingerprint density at radius 3 is 2.64 bits per heavy atom. The van der Waals surface area contributed by atoms with E-state index in [-0.39, 0.29) is 5.92 Å². The molecule has 0 unspecified atom stereocenters. The van der Waals surface area contributed by atoms with E-state index in [1.807, 2.05) is 58.8 Å². The van der Waals surface area contributed by atoms with Crippen LogP contribution in [0.15, 0.2) is 73.2 Å². The SMILES string of the molecule is COc1nc(-c2nc3n(n2)CCC[C@@H]3c2cc(-c3ccccc3)ccc2Cl)ccc1-n1cnc(C)c1. The monoisotopic (exact) mass is 496 g/mol. The summed E-state index contributed by atoms with van der Waals surface area (Å²) < 4.78 is 9.49. The predicted molar refractivity (Wildman–Crippen MR) is 140 cm³/mol. The van der Waals surface area contributed by atoms with E-state index in [1.165, 1.54) is 0 Å². The van der Waals surface area contributed by atoms with Crippen molar-refractivity contribution >= 4 is 11.6 Å². The molecule has 1 atom stereocenters. The molecule has 1 aliphatic rings. The molecule has 8 heteroatoms. The van der Waals surface area contributed by atoms with Crippen molar-refractivity contribution in [3.63, 3.8) is 0 Å². The largest absolute Gasteiger partial charge is 0.479 e. The van der Waals surface area contributed by atoms with Crippen LogP contribution in [-0.4, -0.2) is 36.4 Å². The summed E-state index contributed by atoms with van der Waals surface area (Å²) in [6.45, 7) is 2.76. The van der Waals surface area contributed by atoms with Gasteiger partial charge in [-0.2, -0.15) is 0 Å². The van der Waals surface area contributed by atoms with Gasteiger partial charge in [0.1, 0.15) is 17.2 Å². The number of aryl methyl sites for hydroxylation is 2. The Kier molecular flexibility index (Phi) is 5.77. The molecular weight excluding hydrogens is 472 g/mol. The molecule has 0 bridgehead atoms. The molecule has 0 fully saturated rings. The van der Waals surface area contributed by atoms with Gasteiger partial charge in [-0.05, 0) is 60.7 Å². The van der Waals surface area contributed by atoms with E-state index in [2.05, 4.69) is 29.2 Å². The van der Waals surface area contributed by atoms with Gasteiger partial charge in [0.2, 0.25) is 5.88 Å². The molecule has 36 heavy (non-hydrogen) atoms. The molecule has 4 heterocycles. The number of fused-ring (bicyclic) bond motifs is 1. The van der Waals surface area contributed by atoms with Crippen molar-refractivity contribution < 1.29 is 4.74 Å². The molecular formula is C28H25ClN6O. The number of methoxy groups -OCH3 is 1. The third-order valence-electron chi connectivity index (χ3n) is 6.61. The van der Waals surface area contributed by atoms with Crippen molar-refractivity contribution in [2.75, 3.05) is 7.11 Å². The highest BCUT2D eigenvalue weighted by Crippen LogP contribution is 2.39. The number of imidazole rings is 1. The predicted octanol–water partition coefficient (Wildman–Crippen LogP) is 6.09. The number of nitrogens with zero attached hydrogens (tertiary/aromatic N) is 6. The first-order chi connectivity index (χ1) is 17.6. The number of hydrogen-bond donors (Lipinski definition) is 0. The average Bonchev–Trinajstić information content (AvgIpc) is 3.55. The Morgan fingerprint density at radius 2 is 1.86 bits per heavy atom. The van der Waals surface area contributed by atoms with Crippen LogP contribution in [0.3, 0.4) is 0 Å². The van der Waals surface area contributed by atoms with Crippen LogP contribution in [0.5, 0.6) is 5.88 Å². The summed E-state index contributed by atoms with van der Waals surface area (Å²) in [5.74, 6) is 2.05. The zero-order valence-electron chi connectivity index (χ0n) is 20.1. The summed E-state index contributed by atoms with van der Waals surface area (Å²) in [6.07, 6.45) is 5.65. The van der Waals surface area contributed by atoms with E-state index in [4.69, 9.17) is 31.4 Å². The first-order valence-corrected chi connectivity index (χ1v) is 12.3. The smallest absolute Gasteiger partial charge is 0.238 e. The van der Waals surface area contributed by atoms with Crippen LogP contribution in [0.4, 0.5) is 0 Å². The maximum atomic E-state index is 6.73. The summed E-state index contributed by atoms with van der Waals surface area (Å²) in [7, 11) is 1.61. The molecule has 1 aliphatic heterocycles. The lowest BCUT2D eigenvalue weighted by atomic mass is 9.89. The standard InChI is InChI=1S/C28H25ClN6O/c1-18-16-34(17-30-18)25-13-12-24(31-28(25)36-2)26-32-27-21(9-6-14-35(27)33-26)22-15-20(10-11-23(22)29)19-7-4-3-5-8-19/h3-5,7-8,10-13,15-17,21H,6,9,14H2,1-2H3/t21-/m1/s1. The van der Waals surface area contributed by atoms with Gasteiger partial charge in [-0.1, -0.05) is 48.0 Å². The van der Waals surface area contributed by atoms with Crippen LogP contribution in [0.25, 0.3) is 28.3 Å². The van der Waals surface area contributed by atoms with Crippen LogP contribution in [-0.2, 0) is 6.54 Å². The highest BCUT2D eigenvalue weighted by Gasteiger charge is 2.28. The topological polar surface area (TPSA) is 70.7 Å². The van der Waals surface area contributed by atoms with Gasteiger partial charge in [-0.25, -0.2) is 19.6 Å². The summed E-state index contributed by atoms with van der Waals surface area (Å²) >= 11 is 6.73. The van der Waals surface area contributed by atoms with Crippen molar-refractivity contribution in [3.05, 3.63) is 95.3 Å². The number of halogens is 1. The normalized spacial score (nSPS) is 15.0. The zero-order chi connectivity index (χ0) is 24.6. The fourth-order valence-electron chi connectivity index (χ4n) is 4.83. The molecule has 2 aromatic carbocycles. The summed E-state index contributed by atoms with van der Waals surface area (Å²) in [6, 6.07) is 20.5. The number of benzene rings is 2. The highest BCUT2D eigenvalue weighted by atomic mass is 35.5. The van der Waals surface area contributed by atoms with Gasteiger partial charge in [-0.15, -0.1) is 5.10 Å². The third kappa shape index (κ3) is 4.05. The van der Waals surface area contributed by atoms with E-state index < -0.39 is 0 Å². The minimum Gasteiger partial charge on any atom is -0.479 e. The fourth-order valence-corrected chi connectivity index (χ4v) is 5.08. The highest BCUT2D eigenvalue weighted by molar-refractivity contribution is 6.31. The number of rotatable bonds is 5. The lowest BCUT2D eigenvalue weighted by Gasteiger charge is -2.23. The lowest BCUT2D eigenvalue weighted by molar-refractivity contribution is 0.396. The van der Waals surface area contributed by atoms with Crippen LogP contribution in [0.1, 0.15) is 35.8 Å². The van der Waals surface area contributed by atoms with Gasteiger partial charge in [-0.3, -0.25) is 0 Å². The summed E-state index contributed by atoms with van der Waals surface area (Å²) in [5, 5.41) is 5.56. The van der Waals surface area contributed by atoms with E-state index in [9.17, 15) is 0 Å². The molecule has 7 nitrogen and oxygen atoms in total. The van der Waals surface area contributed by atoms with E-state index in [0.29, 0.717) is 17.4 Å². The van der Waals surface area contributed by atoms with Gasteiger partial charge in [0.25, 0.3) is 0 Å². The van der Waals surface area contributed by atoms with Gasteiger partial charge >= 0.3 is 0 Å². The third-order valence-corrected chi connectivity index (χ3v) is 6.95. The lowest BCUT2D eigenvalue weighted by Crippen LogP contribution is -2.18. The van der Waals surface area contributed by atoms with Gasteiger partial charge in [0.15, 0.2) is 5.82 Å². The van der Waals surface area contributed by atoms with E-state index in [0.717, 1.165) is 58.3 Å². The molecule has 0 saturated carbocycles. The van der Waals surface area contributed by atoms with Crippen molar-refractivity contribution in [2.24, 2.45) is 0 Å². The number of hydrogen-bond acceptors (Lipinski definition) is 5. The molecule has 0 radical (unpaired) electrons. The first-order valence-electron chi connectivity index (χ1n) is 12.0. The second-order valence-electron chi connectivity index (χ2n) is 8.96. The Balaban J connectivity index is 1.38. The summed E-state index contributed by atoms with van der Waals surface area (Å²) in [4.78, 5) is 14.0. The van der Waals surface area contributed by atoms with Crippen LogP contribution in [0, 0.1) is 6.92 Å². The first kappa shape index (κ1) is 22.5. The number of pyridine rings is 1. The molecule has 3 aromatic heterocycles. The molecule has 6 rings (SSSR count). The minimum atomic E-state index is 0.0613. The zero-order valence-corrected chi connectivity index (χ0v) is 20.9. The molecule has 0 spiro atoms. The number of aromatic nitrogens is 6. The molecule has 180 valence electrons. The summed E-state index contributed by atoms with van der Waals surface area (Å²) in [5.41, 5.74) is 5.78. The van der Waals surface area contributed by atoms with E-state index in [1.54, 1.807) is 13.4 Å². The quantitative estimate of drug-likeness (QED) is 0.294. The van der Waals surface area contributed by atoms with E-state index >= 15 is 0 Å². The molecule has 5 aromatic rings. The second kappa shape index (κ2) is 9.24. The number of ether oxygens (including phenoxy) is 1. The fraction of sp³-hybridized carbons (Fsp3) is 0.214. The maximum absolute atomic E-state index is 6.73. The van der Waals surface area contributed by atoms with Gasteiger partial charge in [0.05, 0.1) is 19.1 Å². The van der Waals surface area contributed by atoms with Crippen molar-refractivity contribution in [1.82, 2.24) is 29.3 Å². The second-order valence-corrected chi connectivity index (χ2v) is 9.37. The Labute approximate surface area is 214 Å². The minimum absolute atomic E-state index is 0.0613. The Hall–Kier alpha value is -3.97. The van der Waals surface area contributed by atoms with Crippen molar-refractivity contribution in [3.8, 4) is 34.2 Å². The van der Waals surface area contributed by atoms with Gasteiger partial charge < -0.3 is 9.30 Å². The maximum Gasteiger partial charge on any atom is 0.238 e.